The van der Waals surface area contributed by atoms with E-state index < -0.39 is 0 Å². The molecule has 3 aromatic heterocycles. The normalized spacial score (nSPS) is 11.8. The zero-order chi connectivity index (χ0) is 50.2. The summed E-state index contributed by atoms with van der Waals surface area (Å²) < 4.78 is 0. The van der Waals surface area contributed by atoms with Gasteiger partial charge >= 0.3 is 0 Å². The second kappa shape index (κ2) is 20.3. The molecule has 0 saturated heterocycles. The van der Waals surface area contributed by atoms with Crippen LogP contribution in [0.15, 0.2) is 219 Å². The van der Waals surface area contributed by atoms with Crippen molar-refractivity contribution in [2.24, 2.45) is 0 Å². The van der Waals surface area contributed by atoms with Gasteiger partial charge in [-0.3, -0.25) is 15.0 Å². The summed E-state index contributed by atoms with van der Waals surface area (Å²) in [6.07, 6.45) is 6.06. The average Bonchev–Trinajstić information content (AvgIpc) is 3.40. The van der Waals surface area contributed by atoms with Gasteiger partial charge in [0.15, 0.2) is 0 Å². The third-order valence-corrected chi connectivity index (χ3v) is 14.0. The smallest absolute Gasteiger partial charge is 0.0702 e. The molecule has 0 amide bonds. The summed E-state index contributed by atoms with van der Waals surface area (Å²) in [7, 11) is 0. The van der Waals surface area contributed by atoms with Crippen molar-refractivity contribution in [2.45, 2.75) is 78.6 Å². The third-order valence-electron chi connectivity index (χ3n) is 14.0. The molecule has 0 atom stereocenters. The zero-order valence-corrected chi connectivity index (χ0v) is 43.7. The van der Waals surface area contributed by atoms with Gasteiger partial charge in [0.25, 0.3) is 0 Å². The molecule has 73 heavy (non-hydrogen) atoms. The Kier molecular flexibility index (Phi) is 13.9. The zero-order valence-electron chi connectivity index (χ0n) is 43.7. The van der Waals surface area contributed by atoms with Crippen molar-refractivity contribution >= 4 is 8.41 Å². The van der Waals surface area contributed by atoms with Crippen LogP contribution in [0.4, 0.5) is 0 Å². The average molecular weight is 945 g/mol. The second-order valence-corrected chi connectivity index (χ2v) is 22.2. The van der Waals surface area contributed by atoms with Crippen molar-refractivity contribution in [3.05, 3.63) is 235 Å². The molecule has 0 spiro atoms. The minimum Gasteiger partial charge on any atom is -0.256 e. The van der Waals surface area contributed by atoms with Gasteiger partial charge < -0.3 is 0 Å². The van der Waals surface area contributed by atoms with Crippen LogP contribution in [-0.4, -0.2) is 23.4 Å². The van der Waals surface area contributed by atoms with E-state index in [4.69, 9.17) is 15.0 Å². The first-order valence-electron chi connectivity index (χ1n) is 25.2. The molecule has 0 unspecified atom stereocenters. The molecule has 3 nitrogen and oxygen atoms in total. The van der Waals surface area contributed by atoms with Crippen molar-refractivity contribution in [1.29, 1.82) is 0 Å². The van der Waals surface area contributed by atoms with Crippen LogP contribution in [-0.2, 0) is 16.2 Å². The van der Waals surface area contributed by atoms with E-state index in [0.29, 0.717) is 0 Å². The van der Waals surface area contributed by atoms with E-state index in [9.17, 15) is 0 Å². The van der Waals surface area contributed by atoms with Crippen LogP contribution in [0.1, 0.15) is 79.0 Å². The van der Waals surface area contributed by atoms with Crippen molar-refractivity contribution in [3.63, 3.8) is 0 Å². The fourth-order valence-corrected chi connectivity index (χ4v) is 9.65. The van der Waals surface area contributed by atoms with E-state index in [1.54, 1.807) is 0 Å². The molecular formula is C69H63BN3. The summed E-state index contributed by atoms with van der Waals surface area (Å²) in [5, 5.41) is 0. The van der Waals surface area contributed by atoms with Crippen molar-refractivity contribution in [1.82, 2.24) is 15.0 Å². The highest BCUT2D eigenvalue weighted by Crippen LogP contribution is 2.43. The quantitative estimate of drug-likeness (QED) is 0.135. The summed E-state index contributed by atoms with van der Waals surface area (Å²) in [4.78, 5) is 15.1. The van der Waals surface area contributed by atoms with Gasteiger partial charge in [0.05, 0.1) is 17.1 Å². The minimum atomic E-state index is 0. The SMILES string of the molecule is CC(C)(C)c1ccc(-c2ccc(-c3ccccc3-c3cc(-c4ccccc4-c4ccc(-c5ccc(C(C)(C)C)cc5)nc4)cc(-c4ccccc4-c4ccc(-c5ccc(C(C)(C)C)cc5)nc4)c3)cn2)cc1.[B]. The fourth-order valence-electron chi connectivity index (χ4n) is 9.65. The molecule has 4 heteroatoms. The predicted octanol–water partition coefficient (Wildman–Crippen LogP) is 18.4. The number of rotatable bonds is 9. The lowest BCUT2D eigenvalue weighted by Crippen LogP contribution is -2.10. The van der Waals surface area contributed by atoms with Gasteiger partial charge in [-0.25, -0.2) is 0 Å². The van der Waals surface area contributed by atoms with E-state index in [1.807, 2.05) is 18.6 Å². The van der Waals surface area contributed by atoms with Crippen LogP contribution in [0.2, 0.25) is 0 Å². The van der Waals surface area contributed by atoms with Crippen LogP contribution in [0, 0.1) is 0 Å². The Balaban J connectivity index is 0.00000656. The molecular weight excluding hydrogens is 882 g/mol. The van der Waals surface area contributed by atoms with Gasteiger partial charge in [-0.2, -0.15) is 0 Å². The summed E-state index contributed by atoms with van der Waals surface area (Å²) in [6, 6.07) is 72.7. The topological polar surface area (TPSA) is 38.7 Å². The molecule has 3 heterocycles. The van der Waals surface area contributed by atoms with E-state index in [-0.39, 0.29) is 24.7 Å². The lowest BCUT2D eigenvalue weighted by atomic mass is 9.86. The number of hydrogen-bond donors (Lipinski definition) is 0. The van der Waals surface area contributed by atoms with E-state index >= 15 is 0 Å². The monoisotopic (exact) mass is 945 g/mol. The molecule has 357 valence electrons. The predicted molar refractivity (Wildman–Crippen MR) is 311 cm³/mol. The van der Waals surface area contributed by atoms with Gasteiger partial charge in [0.2, 0.25) is 0 Å². The summed E-state index contributed by atoms with van der Waals surface area (Å²) in [5.41, 5.74) is 23.7. The third kappa shape index (κ3) is 10.8. The Hall–Kier alpha value is -7.95. The molecule has 10 rings (SSSR count). The van der Waals surface area contributed by atoms with Crippen LogP contribution in [0.3, 0.4) is 0 Å². The second-order valence-electron chi connectivity index (χ2n) is 22.2. The standard InChI is InChI=1S/C69H63N3.B/c1-67(2,3)55-31-22-46(23-32-55)64-37-28-49(43-70-64)58-16-10-13-19-61(58)52-40-53(62-20-14-11-17-59(62)50-29-38-65(71-44-50)47-24-33-56(34-25-47)68(4,5)6)42-54(41-52)63-21-15-12-18-60(63)51-30-39-66(72-45-51)48-26-35-57(36-27-48)69(7,8)9;/h10-45H,1-9H3;. The number of pyridine rings is 3. The Bertz CT molecular complexity index is 3110. The van der Waals surface area contributed by atoms with E-state index in [1.165, 1.54) is 16.7 Å². The van der Waals surface area contributed by atoms with Gasteiger partial charge in [0.1, 0.15) is 0 Å². The highest BCUT2D eigenvalue weighted by Gasteiger charge is 2.19. The largest absolute Gasteiger partial charge is 0.256 e. The molecule has 0 aliphatic rings. The van der Waals surface area contributed by atoms with Gasteiger partial charge in [-0.1, -0.05) is 226 Å². The maximum absolute atomic E-state index is 5.04. The van der Waals surface area contributed by atoms with Crippen molar-refractivity contribution in [3.8, 4) is 101 Å². The molecule has 0 fully saturated rings. The first-order chi connectivity index (χ1) is 34.6. The molecule has 3 radical (unpaired) electrons. The maximum atomic E-state index is 5.04. The van der Waals surface area contributed by atoms with Gasteiger partial charge in [-0.05, 0) is 119 Å². The highest BCUT2D eigenvalue weighted by atomic mass is 14.7. The summed E-state index contributed by atoms with van der Waals surface area (Å²) >= 11 is 0. The number of hydrogen-bond acceptors (Lipinski definition) is 3. The first kappa shape index (κ1) is 50.0. The van der Waals surface area contributed by atoms with Gasteiger partial charge in [-0.15, -0.1) is 0 Å². The van der Waals surface area contributed by atoms with Crippen molar-refractivity contribution in [2.75, 3.05) is 0 Å². The minimum absolute atomic E-state index is 0. The van der Waals surface area contributed by atoms with Crippen molar-refractivity contribution < 1.29 is 0 Å². The Labute approximate surface area is 435 Å². The van der Waals surface area contributed by atoms with E-state index in [0.717, 1.165) is 101 Å². The Morgan fingerprint density at radius 3 is 0.630 bits per heavy atom. The molecule has 0 N–H and O–H groups in total. The molecule has 0 aliphatic carbocycles. The fraction of sp³-hybridized carbons (Fsp3) is 0.174. The number of nitrogens with zero attached hydrogens (tertiary/aromatic N) is 3. The van der Waals surface area contributed by atoms with Crippen LogP contribution < -0.4 is 0 Å². The molecule has 0 saturated carbocycles. The number of aromatic nitrogens is 3. The van der Waals surface area contributed by atoms with Crippen LogP contribution >= 0.6 is 0 Å². The summed E-state index contributed by atoms with van der Waals surface area (Å²) in [6.45, 7) is 20.2. The Morgan fingerprint density at radius 2 is 0.438 bits per heavy atom. The van der Waals surface area contributed by atoms with Crippen LogP contribution in [0.25, 0.3) is 101 Å². The molecule has 7 aromatic carbocycles. The maximum Gasteiger partial charge on any atom is 0.0702 e. The van der Waals surface area contributed by atoms with Gasteiger partial charge in [0, 0.05) is 60.4 Å². The molecule has 10 aromatic rings. The lowest BCUT2D eigenvalue weighted by molar-refractivity contribution is 0.590. The Morgan fingerprint density at radius 1 is 0.233 bits per heavy atom. The highest BCUT2D eigenvalue weighted by molar-refractivity contribution is 5.94. The van der Waals surface area contributed by atoms with Crippen LogP contribution in [0.5, 0.6) is 0 Å². The van der Waals surface area contributed by atoms with E-state index in [2.05, 4.69) is 263 Å². The number of benzene rings is 7. The summed E-state index contributed by atoms with van der Waals surface area (Å²) in [5.74, 6) is 0. The molecule has 0 bridgehead atoms. The lowest BCUT2D eigenvalue weighted by Gasteiger charge is -2.19. The first-order valence-corrected chi connectivity index (χ1v) is 25.2. The molecule has 0 aliphatic heterocycles.